The number of piperazine rings is 1. The molecule has 31 heavy (non-hydrogen) atoms. The summed E-state index contributed by atoms with van der Waals surface area (Å²) in [7, 11) is 2.16. The standard InChI is InChI=1S/C24H28N4O3/c1-17-15-28(16-18(2)27(17)3)22-10-6-20(7-11-22)23(29)12-5-19-4-8-21(25-14-19)9-13-24(30)26-31/h4-14,17-18,31H,15-16H2,1-3H3,(H,26,30)/t17-,18+. The van der Waals surface area contributed by atoms with Crippen LogP contribution in [0.4, 0.5) is 5.69 Å². The van der Waals surface area contributed by atoms with Crippen LogP contribution < -0.4 is 10.4 Å². The number of aromatic nitrogens is 1. The molecule has 1 aliphatic rings. The number of anilines is 1. The van der Waals surface area contributed by atoms with Gasteiger partial charge in [0.05, 0.1) is 5.69 Å². The van der Waals surface area contributed by atoms with Gasteiger partial charge in [-0.1, -0.05) is 6.07 Å². The highest BCUT2D eigenvalue weighted by atomic mass is 16.5. The van der Waals surface area contributed by atoms with Crippen LogP contribution in [0.3, 0.4) is 0 Å². The van der Waals surface area contributed by atoms with Gasteiger partial charge in [-0.25, -0.2) is 5.48 Å². The van der Waals surface area contributed by atoms with E-state index in [0.717, 1.165) is 24.3 Å². The smallest absolute Gasteiger partial charge is 0.267 e. The van der Waals surface area contributed by atoms with Gasteiger partial charge in [0.25, 0.3) is 5.91 Å². The predicted molar refractivity (Wildman–Crippen MR) is 122 cm³/mol. The molecule has 2 aromatic rings. The average molecular weight is 421 g/mol. The first-order valence-corrected chi connectivity index (χ1v) is 10.2. The monoisotopic (exact) mass is 420 g/mol. The first-order valence-electron chi connectivity index (χ1n) is 10.2. The molecule has 162 valence electrons. The van der Waals surface area contributed by atoms with E-state index in [1.807, 2.05) is 24.3 Å². The van der Waals surface area contributed by atoms with Crippen LogP contribution in [0.15, 0.2) is 54.7 Å². The van der Waals surface area contributed by atoms with Crippen molar-refractivity contribution in [2.75, 3.05) is 25.0 Å². The average Bonchev–Trinajstić information content (AvgIpc) is 2.79. The van der Waals surface area contributed by atoms with Crippen molar-refractivity contribution in [2.24, 2.45) is 0 Å². The van der Waals surface area contributed by atoms with Gasteiger partial charge < -0.3 is 4.90 Å². The second kappa shape index (κ2) is 10.1. The van der Waals surface area contributed by atoms with E-state index in [-0.39, 0.29) is 5.78 Å². The lowest BCUT2D eigenvalue weighted by Gasteiger charge is -2.43. The Morgan fingerprint density at radius 3 is 2.29 bits per heavy atom. The van der Waals surface area contributed by atoms with Crippen LogP contribution in [0.5, 0.6) is 0 Å². The molecule has 1 aromatic carbocycles. The number of pyridine rings is 1. The number of hydrogen-bond acceptors (Lipinski definition) is 6. The molecule has 1 aliphatic heterocycles. The Bertz CT molecular complexity index is 955. The van der Waals surface area contributed by atoms with Gasteiger partial charge >= 0.3 is 0 Å². The number of hydroxylamine groups is 1. The Morgan fingerprint density at radius 1 is 1.03 bits per heavy atom. The van der Waals surface area contributed by atoms with Gasteiger partial charge in [0, 0.05) is 48.7 Å². The molecule has 0 spiro atoms. The number of carbonyl (C=O) groups excluding carboxylic acids is 2. The lowest BCUT2D eigenvalue weighted by Crippen LogP contribution is -2.55. The highest BCUT2D eigenvalue weighted by Crippen LogP contribution is 2.22. The van der Waals surface area contributed by atoms with E-state index in [1.165, 1.54) is 23.7 Å². The third-order valence-corrected chi connectivity index (χ3v) is 5.63. The summed E-state index contributed by atoms with van der Waals surface area (Å²) in [6.45, 7) is 6.40. The largest absolute Gasteiger partial charge is 0.368 e. The second-order valence-electron chi connectivity index (χ2n) is 7.84. The van der Waals surface area contributed by atoms with E-state index in [9.17, 15) is 9.59 Å². The quantitative estimate of drug-likeness (QED) is 0.323. The lowest BCUT2D eigenvalue weighted by molar-refractivity contribution is -0.124. The minimum atomic E-state index is -0.626. The fourth-order valence-corrected chi connectivity index (χ4v) is 3.53. The zero-order valence-electron chi connectivity index (χ0n) is 18.0. The van der Waals surface area contributed by atoms with Crippen LogP contribution in [0, 0.1) is 0 Å². The molecule has 0 saturated carbocycles. The first kappa shape index (κ1) is 22.4. The van der Waals surface area contributed by atoms with E-state index < -0.39 is 5.91 Å². The lowest BCUT2D eigenvalue weighted by atomic mass is 10.1. The summed E-state index contributed by atoms with van der Waals surface area (Å²) in [5.41, 5.74) is 4.62. The minimum absolute atomic E-state index is 0.0738. The summed E-state index contributed by atoms with van der Waals surface area (Å²) in [5.74, 6) is -0.700. The highest BCUT2D eigenvalue weighted by Gasteiger charge is 2.26. The van der Waals surface area contributed by atoms with Gasteiger partial charge in [0.1, 0.15) is 0 Å². The zero-order chi connectivity index (χ0) is 22.4. The fraction of sp³-hybridized carbons (Fsp3) is 0.292. The second-order valence-corrected chi connectivity index (χ2v) is 7.84. The Balaban J connectivity index is 1.61. The van der Waals surface area contributed by atoms with Gasteiger partial charge in [0.2, 0.25) is 0 Å². The van der Waals surface area contributed by atoms with Crippen molar-refractivity contribution < 1.29 is 14.8 Å². The summed E-state index contributed by atoms with van der Waals surface area (Å²) in [6.07, 6.45) is 7.50. The van der Waals surface area contributed by atoms with Crippen LogP contribution in [0.1, 0.15) is 35.5 Å². The summed E-state index contributed by atoms with van der Waals surface area (Å²) in [4.78, 5) is 32.5. The molecule has 1 amide bonds. The number of amides is 1. The predicted octanol–water partition coefficient (Wildman–Crippen LogP) is 3.03. The summed E-state index contributed by atoms with van der Waals surface area (Å²) < 4.78 is 0. The van der Waals surface area contributed by atoms with Crippen LogP contribution in [0.25, 0.3) is 12.2 Å². The number of hydrogen-bond donors (Lipinski definition) is 2. The van der Waals surface area contributed by atoms with Crippen LogP contribution >= 0.6 is 0 Å². The van der Waals surface area contributed by atoms with Crippen molar-refractivity contribution in [3.8, 4) is 0 Å². The molecule has 0 radical (unpaired) electrons. The molecule has 1 fully saturated rings. The summed E-state index contributed by atoms with van der Waals surface area (Å²) in [6, 6.07) is 12.2. The molecule has 1 saturated heterocycles. The van der Waals surface area contributed by atoms with Crippen molar-refractivity contribution in [1.29, 1.82) is 0 Å². The molecule has 7 heteroatoms. The van der Waals surface area contributed by atoms with E-state index in [4.69, 9.17) is 5.21 Å². The van der Waals surface area contributed by atoms with Crippen molar-refractivity contribution >= 4 is 29.5 Å². The van der Waals surface area contributed by atoms with Crippen molar-refractivity contribution in [2.45, 2.75) is 25.9 Å². The van der Waals surface area contributed by atoms with E-state index in [2.05, 4.69) is 35.7 Å². The topological polar surface area (TPSA) is 85.8 Å². The number of rotatable bonds is 6. The molecule has 1 aromatic heterocycles. The Kier molecular flexibility index (Phi) is 7.33. The maximum Gasteiger partial charge on any atom is 0.267 e. The van der Waals surface area contributed by atoms with Crippen LogP contribution in [-0.2, 0) is 4.79 Å². The Hall–Kier alpha value is -3.29. The van der Waals surface area contributed by atoms with E-state index in [0.29, 0.717) is 23.3 Å². The third-order valence-electron chi connectivity index (χ3n) is 5.63. The molecule has 2 heterocycles. The van der Waals surface area contributed by atoms with Gasteiger partial charge in [-0.15, -0.1) is 0 Å². The zero-order valence-corrected chi connectivity index (χ0v) is 18.0. The summed E-state index contributed by atoms with van der Waals surface area (Å²) in [5, 5.41) is 8.47. The number of nitrogens with one attached hydrogen (secondary N) is 1. The fourth-order valence-electron chi connectivity index (χ4n) is 3.53. The van der Waals surface area contributed by atoms with Crippen molar-refractivity contribution in [3.05, 3.63) is 71.6 Å². The number of likely N-dealkylation sites (N-methyl/N-ethyl adjacent to an activating group) is 1. The molecule has 0 aliphatic carbocycles. The molecule has 2 atom stereocenters. The molecule has 2 N–H and O–H groups in total. The minimum Gasteiger partial charge on any atom is -0.368 e. The van der Waals surface area contributed by atoms with Crippen molar-refractivity contribution in [1.82, 2.24) is 15.4 Å². The number of benzene rings is 1. The van der Waals surface area contributed by atoms with Gasteiger partial charge in [-0.2, -0.15) is 0 Å². The number of ketones is 1. The normalized spacial score (nSPS) is 19.8. The van der Waals surface area contributed by atoms with E-state index >= 15 is 0 Å². The molecular weight excluding hydrogens is 392 g/mol. The van der Waals surface area contributed by atoms with Crippen LogP contribution in [0.2, 0.25) is 0 Å². The number of allylic oxidation sites excluding steroid dienone is 1. The molecular formula is C24H28N4O3. The Morgan fingerprint density at radius 2 is 1.71 bits per heavy atom. The maximum atomic E-state index is 12.5. The van der Waals surface area contributed by atoms with Gasteiger partial charge in [-0.05, 0) is 75.0 Å². The SMILES string of the molecule is C[C@@H]1CN(c2ccc(C(=O)C=Cc3ccc(C=CC(=O)NO)nc3)cc2)C[C@H](C)N1C. The van der Waals surface area contributed by atoms with E-state index in [1.54, 1.807) is 24.4 Å². The van der Waals surface area contributed by atoms with Gasteiger partial charge in [0.15, 0.2) is 5.78 Å². The third kappa shape index (κ3) is 5.87. The number of carbonyl (C=O) groups is 2. The number of nitrogens with zero attached hydrogens (tertiary/aromatic N) is 3. The molecule has 7 nitrogen and oxygen atoms in total. The molecule has 0 unspecified atom stereocenters. The van der Waals surface area contributed by atoms with Gasteiger partial charge in [-0.3, -0.25) is 24.7 Å². The maximum absolute atomic E-state index is 12.5. The first-order chi connectivity index (χ1) is 14.9. The summed E-state index contributed by atoms with van der Waals surface area (Å²) >= 11 is 0. The highest BCUT2D eigenvalue weighted by molar-refractivity contribution is 6.07. The molecule has 3 rings (SSSR count). The van der Waals surface area contributed by atoms with Crippen molar-refractivity contribution in [3.63, 3.8) is 0 Å². The van der Waals surface area contributed by atoms with Crippen LogP contribution in [-0.4, -0.2) is 59.0 Å². The molecule has 0 bridgehead atoms. The Labute approximate surface area is 182 Å².